The molecule has 1 fully saturated rings. The molecular formula is C23H29N5O3. The molecule has 31 heavy (non-hydrogen) atoms. The minimum absolute atomic E-state index is 0.00790. The third-order valence-electron chi connectivity index (χ3n) is 6.09. The van der Waals surface area contributed by atoms with E-state index in [0.717, 1.165) is 54.0 Å². The van der Waals surface area contributed by atoms with Gasteiger partial charge in [-0.25, -0.2) is 9.67 Å². The number of aromatic nitrogens is 3. The van der Waals surface area contributed by atoms with Crippen LogP contribution in [-0.4, -0.2) is 77.9 Å². The van der Waals surface area contributed by atoms with Crippen LogP contribution in [0.25, 0.3) is 11.0 Å². The number of carbonyl (C=O) groups excluding carboxylic acids is 1. The van der Waals surface area contributed by atoms with E-state index in [-0.39, 0.29) is 11.9 Å². The molecule has 1 aliphatic rings. The van der Waals surface area contributed by atoms with E-state index < -0.39 is 0 Å². The molecule has 1 saturated heterocycles. The van der Waals surface area contributed by atoms with Crippen LogP contribution in [0.3, 0.4) is 0 Å². The largest absolute Gasteiger partial charge is 0.497 e. The fourth-order valence-corrected chi connectivity index (χ4v) is 4.10. The van der Waals surface area contributed by atoms with Crippen LogP contribution in [-0.2, 0) is 6.54 Å². The molecule has 0 atom stereocenters. The number of pyridine rings is 1. The molecule has 0 N–H and O–H groups in total. The zero-order chi connectivity index (χ0) is 22.0. The highest BCUT2D eigenvalue weighted by atomic mass is 16.5. The van der Waals surface area contributed by atoms with Crippen molar-refractivity contribution in [3.05, 3.63) is 47.8 Å². The van der Waals surface area contributed by atoms with Gasteiger partial charge in [0.2, 0.25) is 0 Å². The molecule has 164 valence electrons. The highest BCUT2D eigenvalue weighted by Crippen LogP contribution is 2.26. The van der Waals surface area contributed by atoms with Gasteiger partial charge in [-0.3, -0.25) is 4.79 Å². The second kappa shape index (κ2) is 8.93. The number of carbonyl (C=O) groups is 1. The lowest BCUT2D eigenvalue weighted by Crippen LogP contribution is -2.44. The summed E-state index contributed by atoms with van der Waals surface area (Å²) in [6.07, 6.45) is 5.40. The molecule has 3 aromatic rings. The molecule has 1 aromatic carbocycles. The van der Waals surface area contributed by atoms with Gasteiger partial charge in [0, 0.05) is 36.3 Å². The molecule has 1 aliphatic heterocycles. The summed E-state index contributed by atoms with van der Waals surface area (Å²) in [5.41, 5.74) is 2.30. The van der Waals surface area contributed by atoms with E-state index in [2.05, 4.69) is 22.0 Å². The van der Waals surface area contributed by atoms with E-state index in [4.69, 9.17) is 9.47 Å². The summed E-state index contributed by atoms with van der Waals surface area (Å²) in [4.78, 5) is 21.8. The number of nitrogens with zero attached hydrogens (tertiary/aromatic N) is 5. The first-order valence-corrected chi connectivity index (χ1v) is 10.5. The van der Waals surface area contributed by atoms with Crippen molar-refractivity contribution in [3.63, 3.8) is 0 Å². The summed E-state index contributed by atoms with van der Waals surface area (Å²) in [6, 6.07) is 7.85. The van der Waals surface area contributed by atoms with Crippen molar-refractivity contribution >= 4 is 16.9 Å². The Morgan fingerprint density at radius 1 is 1.16 bits per heavy atom. The van der Waals surface area contributed by atoms with Gasteiger partial charge >= 0.3 is 0 Å². The fraction of sp³-hybridized carbons (Fsp3) is 0.435. The molecule has 8 nitrogen and oxygen atoms in total. The SMILES string of the molecule is COc1ccc(Cn2ncc3cc(C(=O)N(C)C4CCN(C)CC4)cnc32)c(OC)c1. The maximum Gasteiger partial charge on any atom is 0.255 e. The Labute approximate surface area is 182 Å². The normalized spacial score (nSPS) is 15.2. The van der Waals surface area contributed by atoms with Crippen molar-refractivity contribution in [1.29, 1.82) is 0 Å². The minimum Gasteiger partial charge on any atom is -0.497 e. The molecule has 0 bridgehead atoms. The van der Waals surface area contributed by atoms with Crippen molar-refractivity contribution < 1.29 is 14.3 Å². The van der Waals surface area contributed by atoms with Gasteiger partial charge in [0.25, 0.3) is 5.91 Å². The molecule has 8 heteroatoms. The van der Waals surface area contributed by atoms with Gasteiger partial charge in [0.15, 0.2) is 5.65 Å². The monoisotopic (exact) mass is 423 g/mol. The van der Waals surface area contributed by atoms with Gasteiger partial charge in [0.1, 0.15) is 11.5 Å². The summed E-state index contributed by atoms with van der Waals surface area (Å²) in [7, 11) is 7.27. The highest BCUT2D eigenvalue weighted by molar-refractivity contribution is 5.96. The number of rotatable bonds is 6. The van der Waals surface area contributed by atoms with E-state index in [9.17, 15) is 4.79 Å². The molecule has 4 rings (SSSR count). The van der Waals surface area contributed by atoms with Gasteiger partial charge in [-0.15, -0.1) is 0 Å². The van der Waals surface area contributed by atoms with E-state index >= 15 is 0 Å². The van der Waals surface area contributed by atoms with E-state index in [1.807, 2.05) is 40.9 Å². The Balaban J connectivity index is 1.54. The van der Waals surface area contributed by atoms with Gasteiger partial charge < -0.3 is 19.3 Å². The van der Waals surface area contributed by atoms with Crippen LogP contribution in [0.5, 0.6) is 11.5 Å². The van der Waals surface area contributed by atoms with Crippen LogP contribution in [0.15, 0.2) is 36.7 Å². The number of amides is 1. The lowest BCUT2D eigenvalue weighted by atomic mass is 10.0. The summed E-state index contributed by atoms with van der Waals surface area (Å²) < 4.78 is 12.6. The van der Waals surface area contributed by atoms with Gasteiger partial charge in [-0.1, -0.05) is 0 Å². The van der Waals surface area contributed by atoms with Gasteiger partial charge in [0.05, 0.1) is 32.5 Å². The quantitative estimate of drug-likeness (QED) is 0.607. The van der Waals surface area contributed by atoms with Crippen molar-refractivity contribution in [2.45, 2.75) is 25.4 Å². The fourth-order valence-electron chi connectivity index (χ4n) is 4.10. The Morgan fingerprint density at radius 2 is 1.94 bits per heavy atom. The number of piperidine rings is 1. The minimum atomic E-state index is 0.00790. The maximum absolute atomic E-state index is 13.0. The summed E-state index contributed by atoms with van der Waals surface area (Å²) in [5.74, 6) is 1.48. The topological polar surface area (TPSA) is 72.7 Å². The maximum atomic E-state index is 13.0. The summed E-state index contributed by atoms with van der Waals surface area (Å²) >= 11 is 0. The highest BCUT2D eigenvalue weighted by Gasteiger charge is 2.25. The molecule has 0 radical (unpaired) electrons. The van der Waals surface area contributed by atoms with E-state index in [1.165, 1.54) is 0 Å². The standard InChI is InChI=1S/C23H29N5O3/c1-26-9-7-19(8-10-26)27(2)23(29)18-11-17-14-25-28(22(17)24-13-18)15-16-5-6-20(30-3)12-21(16)31-4/h5-6,11-14,19H,7-10,15H2,1-4H3. The third kappa shape index (κ3) is 4.34. The Bertz CT molecular complexity index is 1070. The van der Waals surface area contributed by atoms with Crippen LogP contribution in [0, 0.1) is 0 Å². The van der Waals surface area contributed by atoms with Crippen LogP contribution in [0.4, 0.5) is 0 Å². The Morgan fingerprint density at radius 3 is 2.65 bits per heavy atom. The second-order valence-corrected chi connectivity index (χ2v) is 8.07. The number of hydrogen-bond donors (Lipinski definition) is 0. The number of methoxy groups -OCH3 is 2. The molecule has 0 spiro atoms. The second-order valence-electron chi connectivity index (χ2n) is 8.07. The number of likely N-dealkylation sites (tertiary alicyclic amines) is 1. The lowest BCUT2D eigenvalue weighted by Gasteiger charge is -2.35. The van der Waals surface area contributed by atoms with Gasteiger partial charge in [-0.05, 0) is 51.2 Å². The Kier molecular flexibility index (Phi) is 6.08. The summed E-state index contributed by atoms with van der Waals surface area (Å²) in [6.45, 7) is 2.54. The van der Waals surface area contributed by atoms with Crippen molar-refractivity contribution in [2.75, 3.05) is 41.4 Å². The van der Waals surface area contributed by atoms with Gasteiger partial charge in [-0.2, -0.15) is 5.10 Å². The summed E-state index contributed by atoms with van der Waals surface area (Å²) in [5, 5.41) is 5.33. The zero-order valence-electron chi connectivity index (χ0n) is 18.5. The molecular weight excluding hydrogens is 394 g/mol. The predicted molar refractivity (Wildman–Crippen MR) is 119 cm³/mol. The van der Waals surface area contributed by atoms with E-state index in [0.29, 0.717) is 12.1 Å². The van der Waals surface area contributed by atoms with Crippen LogP contribution < -0.4 is 9.47 Å². The van der Waals surface area contributed by atoms with Crippen LogP contribution >= 0.6 is 0 Å². The molecule has 2 aromatic heterocycles. The van der Waals surface area contributed by atoms with Crippen molar-refractivity contribution in [1.82, 2.24) is 24.6 Å². The molecule has 0 unspecified atom stereocenters. The van der Waals surface area contributed by atoms with Crippen molar-refractivity contribution in [3.8, 4) is 11.5 Å². The molecule has 3 heterocycles. The molecule has 1 amide bonds. The van der Waals surface area contributed by atoms with E-state index in [1.54, 1.807) is 26.6 Å². The van der Waals surface area contributed by atoms with Crippen LogP contribution in [0.1, 0.15) is 28.8 Å². The first-order valence-electron chi connectivity index (χ1n) is 10.5. The molecule has 0 saturated carbocycles. The average molecular weight is 424 g/mol. The van der Waals surface area contributed by atoms with Crippen molar-refractivity contribution in [2.24, 2.45) is 0 Å². The zero-order valence-corrected chi connectivity index (χ0v) is 18.5. The molecule has 0 aliphatic carbocycles. The van der Waals surface area contributed by atoms with Crippen LogP contribution in [0.2, 0.25) is 0 Å². The average Bonchev–Trinajstić information content (AvgIpc) is 3.20. The number of fused-ring (bicyclic) bond motifs is 1. The lowest BCUT2D eigenvalue weighted by molar-refractivity contribution is 0.0659. The number of benzene rings is 1. The first-order chi connectivity index (χ1) is 15.0. The number of ether oxygens (including phenoxy) is 2. The Hall–Kier alpha value is -3.13. The first kappa shape index (κ1) is 21.1. The predicted octanol–water partition coefficient (Wildman–Crippen LogP) is 2.66. The third-order valence-corrected chi connectivity index (χ3v) is 6.09. The smallest absolute Gasteiger partial charge is 0.255 e. The number of hydrogen-bond acceptors (Lipinski definition) is 6.